The predicted molar refractivity (Wildman–Crippen MR) is 117 cm³/mol. The fraction of sp³-hybridized carbons (Fsp3) is 0.0909. The van der Waals surface area contributed by atoms with Gasteiger partial charge in [-0.25, -0.2) is 14.6 Å². The molecule has 2 N–H and O–H groups in total. The number of para-hydroxylation sites is 1. The molecule has 0 unspecified atom stereocenters. The van der Waals surface area contributed by atoms with Crippen molar-refractivity contribution in [3.63, 3.8) is 0 Å². The minimum atomic E-state index is -0.739. The number of imide groups is 1. The number of aromatic nitrogens is 1. The van der Waals surface area contributed by atoms with E-state index in [1.807, 2.05) is 30.3 Å². The van der Waals surface area contributed by atoms with Gasteiger partial charge in [0.25, 0.3) is 5.91 Å². The number of urea groups is 1. The highest BCUT2D eigenvalue weighted by molar-refractivity contribution is 9.10. The Morgan fingerprint density at radius 3 is 2.57 bits per heavy atom. The number of fused-ring (bicyclic) bond motifs is 1. The van der Waals surface area contributed by atoms with Gasteiger partial charge >= 0.3 is 12.0 Å². The van der Waals surface area contributed by atoms with Crippen LogP contribution in [0.3, 0.4) is 0 Å². The van der Waals surface area contributed by atoms with E-state index in [0.29, 0.717) is 16.6 Å². The second-order valence-electron chi connectivity index (χ2n) is 6.20. The van der Waals surface area contributed by atoms with Crippen LogP contribution in [0.2, 0.25) is 0 Å². The van der Waals surface area contributed by atoms with E-state index < -0.39 is 24.5 Å². The SMILES string of the molecule is C=CCNC(=O)NC(=O)COC(=O)c1cc(-c2ccc(Br)cc2)nc2ccccc12. The molecule has 0 fully saturated rings. The van der Waals surface area contributed by atoms with Crippen molar-refractivity contribution in [1.29, 1.82) is 0 Å². The van der Waals surface area contributed by atoms with Crippen LogP contribution in [-0.2, 0) is 9.53 Å². The van der Waals surface area contributed by atoms with E-state index in [4.69, 9.17) is 4.74 Å². The summed E-state index contributed by atoms with van der Waals surface area (Å²) in [5.41, 5.74) is 2.33. The van der Waals surface area contributed by atoms with Gasteiger partial charge in [0, 0.05) is 22.0 Å². The van der Waals surface area contributed by atoms with E-state index in [2.05, 4.69) is 38.1 Å². The van der Waals surface area contributed by atoms with E-state index >= 15 is 0 Å². The largest absolute Gasteiger partial charge is 0.452 e. The first-order chi connectivity index (χ1) is 14.5. The molecule has 0 bridgehead atoms. The number of halogens is 1. The van der Waals surface area contributed by atoms with Gasteiger partial charge in [0.2, 0.25) is 0 Å². The Kier molecular flexibility index (Phi) is 6.92. The molecule has 0 aliphatic carbocycles. The maximum absolute atomic E-state index is 12.7. The van der Waals surface area contributed by atoms with Gasteiger partial charge in [0.15, 0.2) is 6.61 Å². The second kappa shape index (κ2) is 9.80. The zero-order valence-electron chi connectivity index (χ0n) is 15.9. The van der Waals surface area contributed by atoms with E-state index in [-0.39, 0.29) is 12.1 Å². The van der Waals surface area contributed by atoms with Crippen LogP contribution in [0.15, 0.2) is 71.7 Å². The Hall–Kier alpha value is -3.52. The van der Waals surface area contributed by atoms with Crippen molar-refractivity contribution in [1.82, 2.24) is 15.6 Å². The predicted octanol–water partition coefficient (Wildman–Crippen LogP) is 3.83. The summed E-state index contributed by atoms with van der Waals surface area (Å²) in [7, 11) is 0. The number of amides is 3. The van der Waals surface area contributed by atoms with Crippen molar-refractivity contribution >= 4 is 44.7 Å². The fourth-order valence-corrected chi connectivity index (χ4v) is 2.96. The number of hydrogen-bond acceptors (Lipinski definition) is 5. The molecule has 7 nitrogen and oxygen atoms in total. The van der Waals surface area contributed by atoms with Crippen LogP contribution in [0.25, 0.3) is 22.2 Å². The van der Waals surface area contributed by atoms with Crippen LogP contribution >= 0.6 is 15.9 Å². The number of benzene rings is 2. The quantitative estimate of drug-likeness (QED) is 0.424. The van der Waals surface area contributed by atoms with Crippen LogP contribution in [0.5, 0.6) is 0 Å². The van der Waals surface area contributed by atoms with Gasteiger partial charge in [-0.1, -0.05) is 52.3 Å². The van der Waals surface area contributed by atoms with E-state index in [1.165, 1.54) is 6.08 Å². The van der Waals surface area contributed by atoms with Gasteiger partial charge in [-0.3, -0.25) is 10.1 Å². The maximum Gasteiger partial charge on any atom is 0.339 e. The molecule has 0 spiro atoms. The highest BCUT2D eigenvalue weighted by Crippen LogP contribution is 2.26. The normalized spacial score (nSPS) is 10.3. The number of pyridine rings is 1. The molecule has 0 aliphatic heterocycles. The van der Waals surface area contributed by atoms with Gasteiger partial charge in [0.1, 0.15) is 0 Å². The van der Waals surface area contributed by atoms with E-state index in [9.17, 15) is 14.4 Å². The molecule has 1 aromatic heterocycles. The third-order valence-electron chi connectivity index (χ3n) is 4.07. The number of rotatable bonds is 6. The summed E-state index contributed by atoms with van der Waals surface area (Å²) in [5.74, 6) is -1.43. The average Bonchev–Trinajstić information content (AvgIpc) is 2.75. The van der Waals surface area contributed by atoms with Gasteiger partial charge in [0.05, 0.1) is 16.8 Å². The maximum atomic E-state index is 12.7. The molecule has 0 aliphatic rings. The first-order valence-electron chi connectivity index (χ1n) is 8.99. The number of nitrogens with zero attached hydrogens (tertiary/aromatic N) is 1. The Morgan fingerprint density at radius 1 is 1.10 bits per heavy atom. The molecule has 8 heteroatoms. The van der Waals surface area contributed by atoms with Crippen molar-refractivity contribution in [2.24, 2.45) is 0 Å². The van der Waals surface area contributed by atoms with Crippen molar-refractivity contribution in [3.8, 4) is 11.3 Å². The Balaban J connectivity index is 1.81. The molecule has 0 saturated heterocycles. The van der Waals surface area contributed by atoms with Gasteiger partial charge in [-0.15, -0.1) is 6.58 Å². The van der Waals surface area contributed by atoms with Crippen LogP contribution in [0.4, 0.5) is 4.79 Å². The first kappa shape index (κ1) is 21.2. The lowest BCUT2D eigenvalue weighted by atomic mass is 10.0. The number of nitrogens with one attached hydrogen (secondary N) is 2. The fourth-order valence-electron chi connectivity index (χ4n) is 2.69. The van der Waals surface area contributed by atoms with Gasteiger partial charge in [-0.05, 0) is 24.3 Å². The molecule has 30 heavy (non-hydrogen) atoms. The minimum Gasteiger partial charge on any atom is -0.452 e. The van der Waals surface area contributed by atoms with Crippen LogP contribution < -0.4 is 10.6 Å². The summed E-state index contributed by atoms with van der Waals surface area (Å²) in [6, 6.07) is 15.6. The van der Waals surface area contributed by atoms with E-state index in [0.717, 1.165) is 10.0 Å². The van der Waals surface area contributed by atoms with Gasteiger partial charge in [-0.2, -0.15) is 0 Å². The molecule has 0 saturated carbocycles. The molecule has 1 heterocycles. The summed E-state index contributed by atoms with van der Waals surface area (Å²) in [6.45, 7) is 3.08. The van der Waals surface area contributed by atoms with Crippen molar-refractivity contribution in [2.75, 3.05) is 13.2 Å². The number of ether oxygens (including phenoxy) is 1. The summed E-state index contributed by atoms with van der Waals surface area (Å²) in [4.78, 5) is 40.7. The molecule has 0 radical (unpaired) electrons. The molecular formula is C22H18BrN3O4. The highest BCUT2D eigenvalue weighted by Gasteiger charge is 2.17. The zero-order valence-corrected chi connectivity index (χ0v) is 17.4. The lowest BCUT2D eigenvalue weighted by Crippen LogP contribution is -2.41. The average molecular weight is 468 g/mol. The van der Waals surface area contributed by atoms with Crippen LogP contribution in [-0.4, -0.2) is 36.0 Å². The number of carbonyl (C=O) groups excluding carboxylic acids is 3. The number of esters is 1. The molecule has 152 valence electrons. The van der Waals surface area contributed by atoms with Gasteiger partial charge < -0.3 is 10.1 Å². The monoisotopic (exact) mass is 467 g/mol. The first-order valence-corrected chi connectivity index (χ1v) is 9.78. The van der Waals surface area contributed by atoms with Crippen molar-refractivity contribution in [2.45, 2.75) is 0 Å². The third-order valence-corrected chi connectivity index (χ3v) is 4.60. The lowest BCUT2D eigenvalue weighted by Gasteiger charge is -2.10. The molecule has 0 atom stereocenters. The minimum absolute atomic E-state index is 0.209. The van der Waals surface area contributed by atoms with Crippen LogP contribution in [0.1, 0.15) is 10.4 Å². The number of carbonyl (C=O) groups is 3. The molecule has 3 amide bonds. The number of hydrogen-bond donors (Lipinski definition) is 2. The lowest BCUT2D eigenvalue weighted by molar-refractivity contribution is -0.123. The molecule has 3 aromatic rings. The Morgan fingerprint density at radius 2 is 1.83 bits per heavy atom. The summed E-state index contributed by atoms with van der Waals surface area (Å²) in [5, 5.41) is 5.07. The Labute approximate surface area is 181 Å². The van der Waals surface area contributed by atoms with Crippen molar-refractivity contribution in [3.05, 3.63) is 77.3 Å². The van der Waals surface area contributed by atoms with Crippen LogP contribution in [0, 0.1) is 0 Å². The highest BCUT2D eigenvalue weighted by atomic mass is 79.9. The molecule has 3 rings (SSSR count). The smallest absolute Gasteiger partial charge is 0.339 e. The molecular weight excluding hydrogens is 450 g/mol. The summed E-state index contributed by atoms with van der Waals surface area (Å²) < 4.78 is 6.05. The Bertz CT molecular complexity index is 1110. The zero-order chi connectivity index (χ0) is 21.5. The van der Waals surface area contributed by atoms with E-state index in [1.54, 1.807) is 24.3 Å². The second-order valence-corrected chi connectivity index (χ2v) is 7.12. The summed E-state index contributed by atoms with van der Waals surface area (Å²) >= 11 is 3.39. The standard InChI is InChI=1S/C22H18BrN3O4/c1-2-11-24-22(29)26-20(27)13-30-21(28)17-12-19(14-7-9-15(23)10-8-14)25-18-6-4-3-5-16(17)18/h2-10,12H,1,11,13H2,(H2,24,26,27,29). The van der Waals surface area contributed by atoms with Crippen molar-refractivity contribution < 1.29 is 19.1 Å². The summed E-state index contributed by atoms with van der Waals surface area (Å²) in [6.07, 6.45) is 1.47. The topological polar surface area (TPSA) is 97.4 Å². The third kappa shape index (κ3) is 5.30. The molecule has 2 aromatic carbocycles.